The smallest absolute Gasteiger partial charge is 0.350 e. The van der Waals surface area contributed by atoms with E-state index in [2.05, 4.69) is 30.7 Å². The lowest BCUT2D eigenvalue weighted by molar-refractivity contribution is 0.0381. The van der Waals surface area contributed by atoms with Crippen molar-refractivity contribution >= 4 is 17.6 Å². The number of ether oxygens (including phenoxy) is 2. The van der Waals surface area contributed by atoms with Gasteiger partial charge in [-0.1, -0.05) is 6.92 Å². The van der Waals surface area contributed by atoms with Gasteiger partial charge in [0.05, 0.1) is 13.2 Å². The second-order valence-corrected chi connectivity index (χ2v) is 6.42. The lowest BCUT2D eigenvalue weighted by Crippen LogP contribution is -2.30. The molecule has 0 saturated carbocycles. The highest BCUT2D eigenvalue weighted by Gasteiger charge is 2.28. The van der Waals surface area contributed by atoms with Crippen LogP contribution in [0.4, 0.5) is 5.82 Å². The van der Waals surface area contributed by atoms with E-state index < -0.39 is 0 Å². The number of rotatable bonds is 8. The van der Waals surface area contributed by atoms with Crippen molar-refractivity contribution in [3.63, 3.8) is 0 Å². The van der Waals surface area contributed by atoms with E-state index in [1.165, 1.54) is 0 Å². The first-order valence-electron chi connectivity index (χ1n) is 7.88. The zero-order valence-electron chi connectivity index (χ0n) is 13.5. The van der Waals surface area contributed by atoms with E-state index in [9.17, 15) is 4.79 Å². The quantitative estimate of drug-likeness (QED) is 0.682. The summed E-state index contributed by atoms with van der Waals surface area (Å²) in [6.45, 7) is 9.68. The third-order valence-electron chi connectivity index (χ3n) is 3.55. The zero-order chi connectivity index (χ0) is 15.9. The number of thioether (sulfide) groups is 1. The largest absolute Gasteiger partial charge is 0.378 e. The minimum absolute atomic E-state index is 0.00842. The molecule has 1 aromatic heterocycles. The highest BCUT2D eigenvalue weighted by Crippen LogP contribution is 2.34. The van der Waals surface area contributed by atoms with Crippen molar-refractivity contribution in [3.8, 4) is 0 Å². The number of hydrogen-bond donors (Lipinski definition) is 0. The predicted molar refractivity (Wildman–Crippen MR) is 89.5 cm³/mol. The Kier molecular flexibility index (Phi) is 6.72. The van der Waals surface area contributed by atoms with E-state index in [4.69, 9.17) is 9.47 Å². The van der Waals surface area contributed by atoms with Crippen molar-refractivity contribution in [3.05, 3.63) is 22.7 Å². The fraction of sp³-hybridized carbons (Fsp3) is 0.733. The molecule has 0 N–H and O–H groups in total. The average molecular weight is 327 g/mol. The van der Waals surface area contributed by atoms with E-state index in [1.54, 1.807) is 16.3 Å². The van der Waals surface area contributed by atoms with Crippen LogP contribution in [0, 0.1) is 0 Å². The maximum atomic E-state index is 12.3. The van der Waals surface area contributed by atoms with Gasteiger partial charge in [0.25, 0.3) is 0 Å². The summed E-state index contributed by atoms with van der Waals surface area (Å²) in [6, 6.07) is 1.90. The van der Waals surface area contributed by atoms with Gasteiger partial charge in [0.2, 0.25) is 0 Å². The van der Waals surface area contributed by atoms with Crippen molar-refractivity contribution in [1.29, 1.82) is 0 Å². The number of nitrogens with zero attached hydrogens (tertiary/aromatic N) is 3. The monoisotopic (exact) mass is 327 g/mol. The summed E-state index contributed by atoms with van der Waals surface area (Å²) in [6.07, 6.45) is 2.82. The molecule has 124 valence electrons. The maximum absolute atomic E-state index is 12.3. The Labute approximate surface area is 135 Å². The summed E-state index contributed by atoms with van der Waals surface area (Å²) in [4.78, 5) is 18.5. The first-order valence-corrected chi connectivity index (χ1v) is 8.82. The number of hydrogen-bond acceptors (Lipinski definition) is 6. The highest BCUT2D eigenvalue weighted by atomic mass is 32.2. The van der Waals surface area contributed by atoms with Crippen LogP contribution >= 0.6 is 11.8 Å². The van der Waals surface area contributed by atoms with E-state index in [-0.39, 0.29) is 16.5 Å². The molecule has 0 radical (unpaired) electrons. The minimum Gasteiger partial charge on any atom is -0.378 e. The summed E-state index contributed by atoms with van der Waals surface area (Å²) in [7, 11) is 0. The first kappa shape index (κ1) is 17.3. The molecule has 1 fully saturated rings. The van der Waals surface area contributed by atoms with Gasteiger partial charge in [-0.2, -0.15) is 4.98 Å². The zero-order valence-corrected chi connectivity index (χ0v) is 14.3. The van der Waals surface area contributed by atoms with Crippen LogP contribution in [0.5, 0.6) is 0 Å². The molecule has 0 aliphatic carbocycles. The van der Waals surface area contributed by atoms with Gasteiger partial charge < -0.3 is 14.4 Å². The molecule has 0 amide bonds. The Hall–Kier alpha value is -1.05. The molecule has 0 aromatic carbocycles. The molecule has 2 rings (SSSR count). The summed E-state index contributed by atoms with van der Waals surface area (Å²) >= 11 is 1.62. The topological polar surface area (TPSA) is 56.6 Å². The summed E-state index contributed by atoms with van der Waals surface area (Å²) < 4.78 is 12.8. The molecule has 0 spiro atoms. The Morgan fingerprint density at radius 2 is 2.23 bits per heavy atom. The van der Waals surface area contributed by atoms with Gasteiger partial charge in [-0.15, -0.1) is 11.8 Å². The molecule has 1 aromatic rings. The molecule has 2 atom stereocenters. The Morgan fingerprint density at radius 1 is 1.45 bits per heavy atom. The lowest BCUT2D eigenvalue weighted by Gasteiger charge is -2.20. The normalized spacial score (nSPS) is 21.2. The summed E-state index contributed by atoms with van der Waals surface area (Å²) in [5.74, 6) is 0.734. The first-order chi connectivity index (χ1) is 10.7. The van der Waals surface area contributed by atoms with Crippen LogP contribution in [0.25, 0.3) is 0 Å². The van der Waals surface area contributed by atoms with Crippen molar-refractivity contribution in [2.75, 3.05) is 37.8 Å². The molecule has 1 aliphatic rings. The van der Waals surface area contributed by atoms with Crippen LogP contribution in [0.2, 0.25) is 0 Å². The standard InChI is InChI=1S/C15H25N3O3S/c1-4-9-20-11-14-21-10-13(22-14)18-8-7-12(16-15(18)19)17(5-2)6-3/h7-8,13-14H,4-6,9-11H2,1-3H3/t13?,14-/m0/s1. The van der Waals surface area contributed by atoms with Gasteiger partial charge in [0, 0.05) is 25.9 Å². The summed E-state index contributed by atoms with van der Waals surface area (Å²) in [5.41, 5.74) is -0.230. The molecule has 1 saturated heterocycles. The fourth-order valence-corrected chi connectivity index (χ4v) is 3.48. The van der Waals surface area contributed by atoms with Crippen LogP contribution in [0.15, 0.2) is 17.1 Å². The second kappa shape index (κ2) is 8.55. The van der Waals surface area contributed by atoms with Crippen LogP contribution < -0.4 is 10.6 Å². The molecule has 22 heavy (non-hydrogen) atoms. The molecular formula is C15H25N3O3S. The number of aromatic nitrogens is 2. The van der Waals surface area contributed by atoms with Gasteiger partial charge in [-0.25, -0.2) is 4.79 Å². The molecule has 2 heterocycles. The fourth-order valence-electron chi connectivity index (χ4n) is 2.35. The Bertz CT molecular complexity index is 519. The van der Waals surface area contributed by atoms with Crippen molar-refractivity contribution in [2.45, 2.75) is 38.0 Å². The van der Waals surface area contributed by atoms with E-state index >= 15 is 0 Å². The van der Waals surface area contributed by atoms with Crippen LogP contribution in [0.1, 0.15) is 32.6 Å². The third kappa shape index (κ3) is 4.24. The van der Waals surface area contributed by atoms with Gasteiger partial charge in [-0.05, 0) is 26.3 Å². The van der Waals surface area contributed by atoms with Gasteiger partial charge in [-0.3, -0.25) is 4.57 Å². The third-order valence-corrected chi connectivity index (χ3v) is 4.80. The van der Waals surface area contributed by atoms with E-state index in [0.717, 1.165) is 31.9 Å². The SMILES string of the molecule is CCCOC[C@H]1OCC(n2ccc(N(CC)CC)nc2=O)S1. The highest BCUT2D eigenvalue weighted by molar-refractivity contribution is 8.00. The molecular weight excluding hydrogens is 302 g/mol. The van der Waals surface area contributed by atoms with Crippen LogP contribution in [0.3, 0.4) is 0 Å². The maximum Gasteiger partial charge on any atom is 0.350 e. The minimum atomic E-state index is -0.222. The Balaban J connectivity index is 2.00. The van der Waals surface area contributed by atoms with Gasteiger partial charge in [0.15, 0.2) is 0 Å². The van der Waals surface area contributed by atoms with Gasteiger partial charge in [0.1, 0.15) is 16.6 Å². The lowest BCUT2D eigenvalue weighted by atomic mass is 10.4. The van der Waals surface area contributed by atoms with Crippen molar-refractivity contribution in [1.82, 2.24) is 9.55 Å². The Morgan fingerprint density at radius 3 is 2.86 bits per heavy atom. The molecule has 1 aliphatic heterocycles. The molecule has 1 unspecified atom stereocenters. The van der Waals surface area contributed by atoms with Crippen molar-refractivity contribution < 1.29 is 9.47 Å². The predicted octanol–water partition coefficient (Wildman–Crippen LogP) is 2.10. The summed E-state index contributed by atoms with van der Waals surface area (Å²) in [5, 5.41) is -0.0269. The van der Waals surface area contributed by atoms with Crippen LogP contribution in [-0.4, -0.2) is 47.9 Å². The second-order valence-electron chi connectivity index (χ2n) is 5.08. The van der Waals surface area contributed by atoms with E-state index in [1.807, 2.05) is 12.3 Å². The molecule has 0 bridgehead atoms. The van der Waals surface area contributed by atoms with Crippen LogP contribution in [-0.2, 0) is 9.47 Å². The van der Waals surface area contributed by atoms with Gasteiger partial charge >= 0.3 is 5.69 Å². The number of anilines is 1. The molecule has 6 nitrogen and oxygen atoms in total. The average Bonchev–Trinajstić information content (AvgIpc) is 2.97. The van der Waals surface area contributed by atoms with E-state index in [0.29, 0.717) is 13.2 Å². The van der Waals surface area contributed by atoms with Crippen molar-refractivity contribution in [2.24, 2.45) is 0 Å². The molecule has 7 heteroatoms.